The van der Waals surface area contributed by atoms with Gasteiger partial charge in [-0.3, -0.25) is 4.79 Å². The lowest BCUT2D eigenvalue weighted by Crippen LogP contribution is -2.50. The number of carbonyl (C=O) groups is 1. The molecule has 1 aromatic heterocycles. The van der Waals surface area contributed by atoms with E-state index < -0.39 is 10.0 Å². The molecule has 2 aromatic carbocycles. The van der Waals surface area contributed by atoms with Gasteiger partial charge in [0.1, 0.15) is 9.88 Å². The van der Waals surface area contributed by atoms with Crippen molar-refractivity contribution in [3.63, 3.8) is 0 Å². The minimum Gasteiger partial charge on any atom is -0.335 e. The standard InChI is InChI=1S/C21H17ClN4O3S2/c22-18-4-2-1-3-17(18)20-24-14-19(30-20)21(27)25-9-11-26(12-10-25)31(28,29)16-7-5-15(13-23)6-8-16/h1-8,14H,9-12H2. The van der Waals surface area contributed by atoms with Crippen molar-refractivity contribution in [2.24, 2.45) is 0 Å². The normalized spacial score (nSPS) is 14.9. The Kier molecular flexibility index (Phi) is 6.07. The van der Waals surface area contributed by atoms with Gasteiger partial charge in [-0.1, -0.05) is 29.8 Å². The van der Waals surface area contributed by atoms with E-state index >= 15 is 0 Å². The molecule has 10 heteroatoms. The first-order valence-corrected chi connectivity index (χ1v) is 12.0. The monoisotopic (exact) mass is 472 g/mol. The van der Waals surface area contributed by atoms with E-state index in [2.05, 4.69) is 4.98 Å². The van der Waals surface area contributed by atoms with Crippen LogP contribution in [0.5, 0.6) is 0 Å². The van der Waals surface area contributed by atoms with Gasteiger partial charge in [0.2, 0.25) is 10.0 Å². The number of sulfonamides is 1. The second-order valence-electron chi connectivity index (χ2n) is 6.84. The van der Waals surface area contributed by atoms with Crippen LogP contribution in [0.3, 0.4) is 0 Å². The summed E-state index contributed by atoms with van der Waals surface area (Å²) in [5, 5.41) is 10.1. The molecule has 0 unspecified atom stereocenters. The maximum atomic E-state index is 12.9. The van der Waals surface area contributed by atoms with Crippen LogP contribution < -0.4 is 0 Å². The molecule has 1 aliphatic heterocycles. The molecule has 1 fully saturated rings. The Morgan fingerprint density at radius 3 is 2.39 bits per heavy atom. The second kappa shape index (κ2) is 8.77. The summed E-state index contributed by atoms with van der Waals surface area (Å²) in [5.74, 6) is -0.175. The number of carbonyl (C=O) groups excluding carboxylic acids is 1. The van der Waals surface area contributed by atoms with E-state index in [1.165, 1.54) is 46.1 Å². The third-order valence-corrected chi connectivity index (χ3v) is 8.23. The molecule has 7 nitrogen and oxygen atoms in total. The summed E-state index contributed by atoms with van der Waals surface area (Å²) in [6, 6.07) is 15.1. The summed E-state index contributed by atoms with van der Waals surface area (Å²) in [5.41, 5.74) is 1.17. The van der Waals surface area contributed by atoms with E-state index in [0.717, 1.165) is 5.56 Å². The van der Waals surface area contributed by atoms with Crippen LogP contribution in [0, 0.1) is 11.3 Å². The van der Waals surface area contributed by atoms with Crippen molar-refractivity contribution < 1.29 is 13.2 Å². The van der Waals surface area contributed by atoms with Gasteiger partial charge < -0.3 is 4.90 Å². The number of nitriles is 1. The number of nitrogens with zero attached hydrogens (tertiary/aromatic N) is 4. The van der Waals surface area contributed by atoms with E-state index in [1.807, 2.05) is 24.3 Å². The molecule has 4 rings (SSSR count). The van der Waals surface area contributed by atoms with Crippen molar-refractivity contribution in [1.82, 2.24) is 14.2 Å². The molecule has 31 heavy (non-hydrogen) atoms. The van der Waals surface area contributed by atoms with Crippen LogP contribution in [0.25, 0.3) is 10.6 Å². The minimum atomic E-state index is -3.68. The molecule has 158 valence electrons. The lowest BCUT2D eigenvalue weighted by molar-refractivity contribution is 0.0702. The van der Waals surface area contributed by atoms with Gasteiger partial charge in [-0.05, 0) is 30.3 Å². The van der Waals surface area contributed by atoms with Crippen LogP contribution in [-0.2, 0) is 10.0 Å². The number of hydrogen-bond acceptors (Lipinski definition) is 6. The van der Waals surface area contributed by atoms with Crippen molar-refractivity contribution in [2.75, 3.05) is 26.2 Å². The van der Waals surface area contributed by atoms with E-state index in [-0.39, 0.29) is 37.0 Å². The van der Waals surface area contributed by atoms with Gasteiger partial charge in [-0.25, -0.2) is 13.4 Å². The second-order valence-corrected chi connectivity index (χ2v) is 10.2. The predicted octanol–water partition coefficient (Wildman–Crippen LogP) is 3.48. The van der Waals surface area contributed by atoms with E-state index in [9.17, 15) is 13.2 Å². The lowest BCUT2D eigenvalue weighted by atomic mass is 10.2. The van der Waals surface area contributed by atoms with Crippen LogP contribution in [0.4, 0.5) is 0 Å². The first-order valence-electron chi connectivity index (χ1n) is 9.40. The molecule has 1 saturated heterocycles. The molecule has 2 heterocycles. The van der Waals surface area contributed by atoms with E-state index in [0.29, 0.717) is 20.5 Å². The van der Waals surface area contributed by atoms with E-state index in [4.69, 9.17) is 16.9 Å². The number of rotatable bonds is 4. The molecule has 0 radical (unpaired) electrons. The number of thiazole rings is 1. The van der Waals surface area contributed by atoms with Crippen LogP contribution >= 0.6 is 22.9 Å². The van der Waals surface area contributed by atoms with Crippen molar-refractivity contribution in [3.05, 3.63) is 70.2 Å². The molecule has 0 aliphatic carbocycles. The molecule has 1 amide bonds. The summed E-state index contributed by atoms with van der Waals surface area (Å²) in [6.45, 7) is 0.968. The van der Waals surface area contributed by atoms with Gasteiger partial charge in [0.15, 0.2) is 0 Å². The highest BCUT2D eigenvalue weighted by molar-refractivity contribution is 7.89. The molecule has 0 spiro atoms. The quantitative estimate of drug-likeness (QED) is 0.579. The zero-order valence-corrected chi connectivity index (χ0v) is 18.6. The topological polar surface area (TPSA) is 94.4 Å². The SMILES string of the molecule is N#Cc1ccc(S(=O)(=O)N2CCN(C(=O)c3cnc(-c4ccccc4Cl)s3)CC2)cc1. The highest BCUT2D eigenvalue weighted by Gasteiger charge is 2.31. The number of amides is 1. The zero-order valence-electron chi connectivity index (χ0n) is 16.2. The number of benzene rings is 2. The summed E-state index contributed by atoms with van der Waals surface area (Å²) >= 11 is 7.48. The maximum Gasteiger partial charge on any atom is 0.265 e. The van der Waals surface area contributed by atoms with Gasteiger partial charge in [0.25, 0.3) is 5.91 Å². The average Bonchev–Trinajstić information content (AvgIpc) is 3.29. The Morgan fingerprint density at radius 2 is 1.74 bits per heavy atom. The molecule has 0 bridgehead atoms. The minimum absolute atomic E-state index is 0.137. The Bertz CT molecular complexity index is 1260. The van der Waals surface area contributed by atoms with Crippen molar-refractivity contribution in [2.45, 2.75) is 4.90 Å². The molecular formula is C21H17ClN4O3S2. The fourth-order valence-electron chi connectivity index (χ4n) is 3.27. The fraction of sp³-hybridized carbons (Fsp3) is 0.190. The van der Waals surface area contributed by atoms with Gasteiger partial charge in [-0.2, -0.15) is 9.57 Å². The predicted molar refractivity (Wildman–Crippen MR) is 118 cm³/mol. The summed E-state index contributed by atoms with van der Waals surface area (Å²) in [6.07, 6.45) is 1.53. The number of piperazine rings is 1. The summed E-state index contributed by atoms with van der Waals surface area (Å²) in [4.78, 5) is 19.5. The van der Waals surface area contributed by atoms with Gasteiger partial charge in [-0.15, -0.1) is 11.3 Å². The Hall–Kier alpha value is -2.77. The van der Waals surface area contributed by atoms with Crippen molar-refractivity contribution in [3.8, 4) is 16.6 Å². The summed E-state index contributed by atoms with van der Waals surface area (Å²) < 4.78 is 27.1. The van der Waals surface area contributed by atoms with Crippen LogP contribution in [0.1, 0.15) is 15.2 Å². The first kappa shape index (κ1) is 21.5. The van der Waals surface area contributed by atoms with Crippen LogP contribution in [0.2, 0.25) is 5.02 Å². The first-order chi connectivity index (χ1) is 14.9. The van der Waals surface area contributed by atoms with Crippen molar-refractivity contribution >= 4 is 38.9 Å². The molecule has 3 aromatic rings. The molecular weight excluding hydrogens is 456 g/mol. The Balaban J connectivity index is 1.43. The van der Waals surface area contributed by atoms with Crippen LogP contribution in [0.15, 0.2) is 59.6 Å². The Morgan fingerprint density at radius 1 is 1.06 bits per heavy atom. The third kappa shape index (κ3) is 4.34. The lowest BCUT2D eigenvalue weighted by Gasteiger charge is -2.33. The number of hydrogen-bond donors (Lipinski definition) is 0. The summed E-state index contributed by atoms with van der Waals surface area (Å²) in [7, 11) is -3.68. The van der Waals surface area contributed by atoms with Gasteiger partial charge >= 0.3 is 0 Å². The number of aromatic nitrogens is 1. The molecule has 0 atom stereocenters. The maximum absolute atomic E-state index is 12.9. The van der Waals surface area contributed by atoms with E-state index in [1.54, 1.807) is 11.0 Å². The Labute approximate surface area is 189 Å². The third-order valence-electron chi connectivity index (χ3n) is 4.97. The number of halogens is 1. The smallest absolute Gasteiger partial charge is 0.265 e. The molecule has 1 aliphatic rings. The van der Waals surface area contributed by atoms with Crippen molar-refractivity contribution in [1.29, 1.82) is 5.26 Å². The van der Waals surface area contributed by atoms with Crippen LogP contribution in [-0.4, -0.2) is 54.7 Å². The van der Waals surface area contributed by atoms with Gasteiger partial charge in [0.05, 0.1) is 27.7 Å². The largest absolute Gasteiger partial charge is 0.335 e. The average molecular weight is 473 g/mol. The zero-order chi connectivity index (χ0) is 22.0. The molecule has 0 N–H and O–H groups in total. The fourth-order valence-corrected chi connectivity index (χ4v) is 5.90. The highest BCUT2D eigenvalue weighted by atomic mass is 35.5. The van der Waals surface area contributed by atoms with Gasteiger partial charge in [0, 0.05) is 31.7 Å². The molecule has 0 saturated carbocycles. The highest BCUT2D eigenvalue weighted by Crippen LogP contribution is 2.31.